The zero-order valence-corrected chi connectivity index (χ0v) is 30.4. The fourth-order valence-electron chi connectivity index (χ4n) is 5.45. The first-order valence-electron chi connectivity index (χ1n) is 19.3. The Morgan fingerprint density at radius 1 is 0.574 bits per heavy atom. The Hall–Kier alpha value is -2.63. The summed E-state index contributed by atoms with van der Waals surface area (Å²) in [5, 5.41) is 11.1. The SMILES string of the molecule is CC/C=C\C/C=C\C/C=C\C/C=C\CCCCCCC(=O)OC(CCCCCCCCCC)CCCCCCCC(=O)NCC(=O)O. The number of carbonyl (C=O) groups excluding carboxylic acids is 2. The van der Waals surface area contributed by atoms with Gasteiger partial charge in [-0.3, -0.25) is 14.4 Å². The number of carboxylic acids is 1. The summed E-state index contributed by atoms with van der Waals surface area (Å²) in [5.41, 5.74) is 0. The first-order chi connectivity index (χ1) is 23.0. The predicted octanol–water partition coefficient (Wildman–Crippen LogP) is 11.5. The highest BCUT2D eigenvalue weighted by atomic mass is 16.5. The Labute approximate surface area is 289 Å². The van der Waals surface area contributed by atoms with Crippen LogP contribution in [0.15, 0.2) is 48.6 Å². The van der Waals surface area contributed by atoms with Crippen molar-refractivity contribution in [3.05, 3.63) is 48.6 Å². The molecule has 0 fully saturated rings. The zero-order chi connectivity index (χ0) is 34.5. The zero-order valence-electron chi connectivity index (χ0n) is 30.4. The number of hydrogen-bond donors (Lipinski definition) is 2. The van der Waals surface area contributed by atoms with E-state index in [-0.39, 0.29) is 24.5 Å². The van der Waals surface area contributed by atoms with Crippen molar-refractivity contribution in [2.24, 2.45) is 0 Å². The smallest absolute Gasteiger partial charge is 0.322 e. The minimum Gasteiger partial charge on any atom is -0.480 e. The van der Waals surface area contributed by atoms with Crippen molar-refractivity contribution in [3.63, 3.8) is 0 Å². The van der Waals surface area contributed by atoms with Crippen LogP contribution in [-0.2, 0) is 19.1 Å². The predicted molar refractivity (Wildman–Crippen MR) is 198 cm³/mol. The van der Waals surface area contributed by atoms with Crippen LogP contribution in [-0.4, -0.2) is 35.6 Å². The molecular formula is C41H71NO5. The lowest BCUT2D eigenvalue weighted by molar-refractivity contribution is -0.150. The Morgan fingerprint density at radius 2 is 1.04 bits per heavy atom. The number of rotatable bonds is 34. The summed E-state index contributed by atoms with van der Waals surface area (Å²) in [5.74, 6) is -1.26. The number of amides is 1. The molecule has 6 heteroatoms. The van der Waals surface area contributed by atoms with E-state index in [4.69, 9.17) is 9.84 Å². The number of carboxylic acid groups (broad SMARTS) is 1. The number of esters is 1. The van der Waals surface area contributed by atoms with Crippen LogP contribution in [0.5, 0.6) is 0 Å². The summed E-state index contributed by atoms with van der Waals surface area (Å²) in [6, 6.07) is 0. The molecule has 0 saturated heterocycles. The van der Waals surface area contributed by atoms with Crippen LogP contribution >= 0.6 is 0 Å². The summed E-state index contributed by atoms with van der Waals surface area (Å²) in [6.45, 7) is 4.09. The van der Waals surface area contributed by atoms with Gasteiger partial charge >= 0.3 is 11.9 Å². The van der Waals surface area contributed by atoms with Crippen LogP contribution in [0.1, 0.15) is 181 Å². The molecule has 0 aliphatic heterocycles. The van der Waals surface area contributed by atoms with Crippen molar-refractivity contribution in [2.75, 3.05) is 6.54 Å². The number of allylic oxidation sites excluding steroid dienone is 8. The van der Waals surface area contributed by atoms with Crippen molar-refractivity contribution in [1.29, 1.82) is 0 Å². The average molecular weight is 658 g/mol. The van der Waals surface area contributed by atoms with E-state index in [1.54, 1.807) is 0 Å². The van der Waals surface area contributed by atoms with Gasteiger partial charge in [-0.2, -0.15) is 0 Å². The molecule has 0 bridgehead atoms. The molecular weight excluding hydrogens is 586 g/mol. The van der Waals surface area contributed by atoms with Crippen molar-refractivity contribution in [1.82, 2.24) is 5.32 Å². The van der Waals surface area contributed by atoms with Gasteiger partial charge in [-0.15, -0.1) is 0 Å². The number of nitrogens with one attached hydrogen (secondary N) is 1. The third-order valence-electron chi connectivity index (χ3n) is 8.27. The van der Waals surface area contributed by atoms with Gasteiger partial charge in [0.2, 0.25) is 5.91 Å². The van der Waals surface area contributed by atoms with Crippen LogP contribution in [0, 0.1) is 0 Å². The highest BCUT2D eigenvalue weighted by Gasteiger charge is 2.14. The standard InChI is InChI=1S/C41H71NO5/c1-3-5-7-9-11-13-14-15-16-17-18-19-20-21-23-28-32-36-41(46)47-38(33-29-25-22-12-10-8-6-4-2)34-30-26-24-27-31-35-39(43)42-37-40(44)45/h5,7,11,13,15-16,18-19,38H,3-4,6,8-10,12,14,17,20-37H2,1-2H3,(H,42,43)(H,44,45)/b7-5-,13-11-,16-15-,19-18-. The lowest BCUT2D eigenvalue weighted by atomic mass is 10.0. The normalized spacial score (nSPS) is 12.6. The maximum atomic E-state index is 12.7. The Balaban J connectivity index is 4.15. The molecule has 0 radical (unpaired) electrons. The molecule has 2 N–H and O–H groups in total. The van der Waals surface area contributed by atoms with Crippen molar-refractivity contribution < 1.29 is 24.2 Å². The molecule has 1 atom stereocenters. The third kappa shape index (κ3) is 36.1. The molecule has 0 heterocycles. The van der Waals surface area contributed by atoms with E-state index in [0.717, 1.165) is 109 Å². The van der Waals surface area contributed by atoms with Crippen molar-refractivity contribution >= 4 is 17.8 Å². The second-order valence-electron chi connectivity index (χ2n) is 12.8. The molecule has 0 aromatic rings. The van der Waals surface area contributed by atoms with E-state index in [9.17, 15) is 14.4 Å². The van der Waals surface area contributed by atoms with Gasteiger partial charge < -0.3 is 15.2 Å². The molecule has 0 saturated carbocycles. The molecule has 1 unspecified atom stereocenters. The van der Waals surface area contributed by atoms with Crippen LogP contribution in [0.25, 0.3) is 0 Å². The maximum absolute atomic E-state index is 12.7. The molecule has 0 aromatic heterocycles. The summed E-state index contributed by atoms with van der Waals surface area (Å²) in [6.07, 6.45) is 45.1. The fourth-order valence-corrected chi connectivity index (χ4v) is 5.45. The second-order valence-corrected chi connectivity index (χ2v) is 12.8. The lowest BCUT2D eigenvalue weighted by Gasteiger charge is -2.18. The first-order valence-corrected chi connectivity index (χ1v) is 19.3. The third-order valence-corrected chi connectivity index (χ3v) is 8.27. The fraction of sp³-hybridized carbons (Fsp3) is 0.732. The monoisotopic (exact) mass is 658 g/mol. The van der Waals surface area contributed by atoms with E-state index in [0.29, 0.717) is 12.8 Å². The van der Waals surface area contributed by atoms with Crippen LogP contribution in [0.3, 0.4) is 0 Å². The Bertz CT molecular complexity index is 860. The number of aliphatic carboxylic acids is 1. The second kappa shape index (κ2) is 36.2. The minimum absolute atomic E-state index is 0.0162. The van der Waals surface area contributed by atoms with Crippen molar-refractivity contribution in [3.8, 4) is 0 Å². The summed E-state index contributed by atoms with van der Waals surface area (Å²) in [7, 11) is 0. The van der Waals surface area contributed by atoms with E-state index < -0.39 is 5.97 Å². The molecule has 0 rings (SSSR count). The van der Waals surface area contributed by atoms with Gasteiger partial charge in [-0.1, -0.05) is 140 Å². The highest BCUT2D eigenvalue weighted by Crippen LogP contribution is 2.18. The molecule has 6 nitrogen and oxygen atoms in total. The number of ether oxygens (including phenoxy) is 1. The van der Waals surface area contributed by atoms with E-state index in [1.807, 2.05) is 0 Å². The van der Waals surface area contributed by atoms with Crippen LogP contribution in [0.4, 0.5) is 0 Å². The minimum atomic E-state index is -1.02. The van der Waals surface area contributed by atoms with Crippen LogP contribution in [0.2, 0.25) is 0 Å². The van der Waals surface area contributed by atoms with Gasteiger partial charge in [0, 0.05) is 12.8 Å². The number of hydrogen-bond acceptors (Lipinski definition) is 4. The van der Waals surface area contributed by atoms with Gasteiger partial charge in [-0.05, 0) is 77.0 Å². The Kier molecular flexibility index (Phi) is 34.2. The molecule has 0 aliphatic rings. The first kappa shape index (κ1) is 44.4. The largest absolute Gasteiger partial charge is 0.480 e. The lowest BCUT2D eigenvalue weighted by Crippen LogP contribution is -2.28. The molecule has 0 aromatic carbocycles. The maximum Gasteiger partial charge on any atom is 0.322 e. The van der Waals surface area contributed by atoms with E-state index in [1.165, 1.54) is 44.9 Å². The quantitative estimate of drug-likeness (QED) is 0.0408. The van der Waals surface area contributed by atoms with E-state index in [2.05, 4.69) is 67.8 Å². The molecule has 270 valence electrons. The topological polar surface area (TPSA) is 92.7 Å². The molecule has 1 amide bonds. The van der Waals surface area contributed by atoms with E-state index >= 15 is 0 Å². The summed E-state index contributed by atoms with van der Waals surface area (Å²) < 4.78 is 5.98. The van der Waals surface area contributed by atoms with Gasteiger partial charge in [0.15, 0.2) is 0 Å². The van der Waals surface area contributed by atoms with Gasteiger partial charge in [0.05, 0.1) is 0 Å². The van der Waals surface area contributed by atoms with Gasteiger partial charge in [0.25, 0.3) is 0 Å². The summed E-state index contributed by atoms with van der Waals surface area (Å²) >= 11 is 0. The van der Waals surface area contributed by atoms with Crippen LogP contribution < -0.4 is 5.32 Å². The Morgan fingerprint density at radius 3 is 1.60 bits per heavy atom. The van der Waals surface area contributed by atoms with Gasteiger partial charge in [-0.25, -0.2) is 0 Å². The van der Waals surface area contributed by atoms with Gasteiger partial charge in [0.1, 0.15) is 12.6 Å². The number of unbranched alkanes of at least 4 members (excludes halogenated alkanes) is 15. The summed E-state index contributed by atoms with van der Waals surface area (Å²) in [4.78, 5) is 34.9. The molecule has 0 spiro atoms. The highest BCUT2D eigenvalue weighted by molar-refractivity contribution is 5.80. The number of carbonyl (C=O) groups is 3. The average Bonchev–Trinajstić information content (AvgIpc) is 3.05. The molecule has 47 heavy (non-hydrogen) atoms. The van der Waals surface area contributed by atoms with Crippen molar-refractivity contribution in [2.45, 2.75) is 187 Å². The molecule has 0 aliphatic carbocycles.